The first-order valence-corrected chi connectivity index (χ1v) is 12.9. The summed E-state index contributed by atoms with van der Waals surface area (Å²) in [6.45, 7) is 4.70. The van der Waals surface area contributed by atoms with Gasteiger partial charge in [-0.15, -0.1) is 0 Å². The molecule has 0 aliphatic rings. The van der Waals surface area contributed by atoms with Crippen LogP contribution in [0.1, 0.15) is 43.5 Å². The second-order valence-corrected chi connectivity index (χ2v) is 9.69. The molecule has 9 heteroatoms. The van der Waals surface area contributed by atoms with Crippen molar-refractivity contribution in [2.24, 2.45) is 17.4 Å². The Labute approximate surface area is 208 Å². The lowest BCUT2D eigenvalue weighted by atomic mass is 9.80. The van der Waals surface area contributed by atoms with E-state index in [0.29, 0.717) is 30.4 Å². The number of nitrogens with one attached hydrogen (secondary N) is 2. The average Bonchev–Trinajstić information content (AvgIpc) is 3.20. The van der Waals surface area contributed by atoms with Crippen molar-refractivity contribution in [3.05, 3.63) is 71.4 Å². The summed E-state index contributed by atoms with van der Waals surface area (Å²) in [7, 11) is 0. The zero-order valence-corrected chi connectivity index (χ0v) is 20.9. The normalized spacial score (nSPS) is 14.9. The van der Waals surface area contributed by atoms with Crippen LogP contribution in [0.15, 0.2) is 54.6 Å². The van der Waals surface area contributed by atoms with Gasteiger partial charge in [0.25, 0.3) is 0 Å². The van der Waals surface area contributed by atoms with Gasteiger partial charge >= 0.3 is 0 Å². The molecule has 8 nitrogen and oxygen atoms in total. The number of nitrogens with two attached hydrogens (primary N) is 2. The second kappa shape index (κ2) is 11.1. The predicted octanol–water partition coefficient (Wildman–Crippen LogP) is 3.57. The molecule has 0 bridgehead atoms. The molecular formula is C26H33N5O3S. The van der Waals surface area contributed by atoms with Crippen molar-refractivity contribution in [1.29, 1.82) is 10.8 Å². The number of amidine groups is 1. The molecule has 0 amide bonds. The Kier molecular flexibility index (Phi) is 8.37. The molecule has 0 spiro atoms. The second-order valence-electron chi connectivity index (χ2n) is 8.76. The molecule has 7 N–H and O–H groups in total. The maximum Gasteiger partial charge on any atom is 0.201 e. The summed E-state index contributed by atoms with van der Waals surface area (Å²) in [5.41, 5.74) is 13.4. The molecule has 1 unspecified atom stereocenters. The number of aryl methyl sites for hydroxylation is 2. The number of rotatable bonds is 12. The third kappa shape index (κ3) is 5.58. The van der Waals surface area contributed by atoms with Gasteiger partial charge < -0.3 is 26.0 Å². The van der Waals surface area contributed by atoms with Gasteiger partial charge in [-0.1, -0.05) is 49.4 Å². The average molecular weight is 496 g/mol. The quantitative estimate of drug-likeness (QED) is 0.147. The lowest BCUT2D eigenvalue weighted by molar-refractivity contribution is -0.117. The fourth-order valence-electron chi connectivity index (χ4n) is 4.57. The minimum atomic E-state index is -2.31. The minimum Gasteiger partial charge on any atom is -0.384 e. The summed E-state index contributed by atoms with van der Waals surface area (Å²) < 4.78 is 23.4. The van der Waals surface area contributed by atoms with Gasteiger partial charge in [0.15, 0.2) is 11.1 Å². The van der Waals surface area contributed by atoms with Crippen molar-refractivity contribution in [3.63, 3.8) is 0 Å². The number of nitrogens with zero attached hydrogens (tertiary/aromatic N) is 1. The van der Waals surface area contributed by atoms with Gasteiger partial charge in [0.1, 0.15) is 11.4 Å². The van der Waals surface area contributed by atoms with Crippen LogP contribution in [0.25, 0.3) is 10.9 Å². The molecule has 3 atom stereocenters. The molecule has 0 saturated heterocycles. The number of Topliss-reactive ketones (excluding diaryl/α,β-unsaturated/α-hetero) is 1. The fourth-order valence-corrected chi connectivity index (χ4v) is 5.26. The summed E-state index contributed by atoms with van der Waals surface area (Å²) in [6, 6.07) is 16.3. The molecule has 186 valence electrons. The van der Waals surface area contributed by atoms with E-state index in [4.69, 9.17) is 22.3 Å². The summed E-state index contributed by atoms with van der Waals surface area (Å²) >= 11 is -2.31. The van der Waals surface area contributed by atoms with Crippen LogP contribution < -0.4 is 11.5 Å². The summed E-state index contributed by atoms with van der Waals surface area (Å²) in [5.74, 6) is -1.43. The Hall–Kier alpha value is -3.14. The summed E-state index contributed by atoms with van der Waals surface area (Å²) in [6.07, 6.45) is 1.77. The lowest BCUT2D eigenvalue weighted by Gasteiger charge is -2.29. The minimum absolute atomic E-state index is 0.0165. The lowest BCUT2D eigenvalue weighted by Crippen LogP contribution is -2.53. The van der Waals surface area contributed by atoms with Crippen molar-refractivity contribution in [2.45, 2.75) is 45.2 Å². The zero-order chi connectivity index (χ0) is 25.8. The summed E-state index contributed by atoms with van der Waals surface area (Å²) in [4.78, 5) is 13.4. The maximum absolute atomic E-state index is 13.4. The van der Waals surface area contributed by atoms with E-state index >= 15 is 0 Å². The Balaban J connectivity index is 1.85. The number of hydrogen-bond acceptors (Lipinski definition) is 5. The van der Waals surface area contributed by atoms with Crippen molar-refractivity contribution >= 4 is 39.3 Å². The number of aromatic nitrogens is 1. The van der Waals surface area contributed by atoms with Crippen LogP contribution in [-0.2, 0) is 34.4 Å². The van der Waals surface area contributed by atoms with Crippen LogP contribution in [0.5, 0.6) is 0 Å². The molecule has 1 heterocycles. The number of carbonyl (C=O) groups is 1. The maximum atomic E-state index is 13.4. The SMILES string of the molecule is CC[C@@H](CCc1cc2ccc(C(=N)N)cc2n1CC)C(=N)C(=O)[C@@](N)(CS(=O)O)c1ccccc1. The highest BCUT2D eigenvalue weighted by molar-refractivity contribution is 7.79. The molecule has 0 aliphatic carbocycles. The topological polar surface area (TPSA) is 159 Å². The number of benzene rings is 2. The monoisotopic (exact) mass is 495 g/mol. The van der Waals surface area contributed by atoms with Gasteiger partial charge in [-0.25, -0.2) is 4.21 Å². The Bertz CT molecular complexity index is 1270. The van der Waals surface area contributed by atoms with Gasteiger partial charge in [-0.3, -0.25) is 10.2 Å². The van der Waals surface area contributed by atoms with Gasteiger partial charge in [0.05, 0.1) is 11.5 Å². The zero-order valence-electron chi connectivity index (χ0n) is 20.1. The standard InChI is InChI=1S/C26H33N5O3S/c1-3-17(23(27)24(32)26(30,16-35(33)34)20-8-6-5-7-9-20)12-13-21-14-18-10-11-19(25(28)29)15-22(18)31(21)4-2/h5-11,14-15,17,27H,3-4,12-13,16,30H2,1-2H3,(H3,28,29)(H,33,34)/t17-,26+/m0/s1. The van der Waals surface area contributed by atoms with E-state index in [2.05, 4.69) is 10.6 Å². The molecule has 3 aromatic rings. The molecule has 1 aromatic heterocycles. The van der Waals surface area contributed by atoms with Crippen molar-refractivity contribution in [1.82, 2.24) is 4.57 Å². The smallest absolute Gasteiger partial charge is 0.201 e. The van der Waals surface area contributed by atoms with Crippen LogP contribution in [-0.4, -0.2) is 36.4 Å². The van der Waals surface area contributed by atoms with Crippen molar-refractivity contribution < 1.29 is 13.6 Å². The Morgan fingerprint density at radius 3 is 2.40 bits per heavy atom. The number of carbonyl (C=O) groups excluding carboxylic acids is 1. The third-order valence-corrected chi connectivity index (χ3v) is 7.26. The molecular weight excluding hydrogens is 462 g/mol. The van der Waals surface area contributed by atoms with Crippen LogP contribution in [0, 0.1) is 16.7 Å². The highest BCUT2D eigenvalue weighted by Crippen LogP contribution is 2.27. The number of hydrogen-bond donors (Lipinski definition) is 5. The predicted molar refractivity (Wildman–Crippen MR) is 141 cm³/mol. The highest BCUT2D eigenvalue weighted by Gasteiger charge is 2.41. The number of ketones is 1. The highest BCUT2D eigenvalue weighted by atomic mass is 32.2. The molecule has 2 aromatic carbocycles. The van der Waals surface area contributed by atoms with Crippen LogP contribution in [0.2, 0.25) is 0 Å². The molecule has 0 saturated carbocycles. The molecule has 0 fully saturated rings. The molecule has 0 radical (unpaired) electrons. The largest absolute Gasteiger partial charge is 0.384 e. The third-order valence-electron chi connectivity index (χ3n) is 6.56. The molecule has 0 aliphatic heterocycles. The van der Waals surface area contributed by atoms with Crippen molar-refractivity contribution in [2.75, 3.05) is 5.75 Å². The van der Waals surface area contributed by atoms with Crippen LogP contribution in [0.4, 0.5) is 0 Å². The van der Waals surface area contributed by atoms with E-state index in [1.54, 1.807) is 30.3 Å². The van der Waals surface area contributed by atoms with E-state index < -0.39 is 28.2 Å². The van der Waals surface area contributed by atoms with Gasteiger partial charge in [0, 0.05) is 29.2 Å². The van der Waals surface area contributed by atoms with Gasteiger partial charge in [-0.2, -0.15) is 0 Å². The van der Waals surface area contributed by atoms with E-state index in [1.807, 2.05) is 32.0 Å². The number of fused-ring (bicyclic) bond motifs is 1. The van der Waals surface area contributed by atoms with E-state index in [9.17, 15) is 13.6 Å². The van der Waals surface area contributed by atoms with Crippen LogP contribution >= 0.6 is 0 Å². The first-order chi connectivity index (χ1) is 16.6. The molecule has 35 heavy (non-hydrogen) atoms. The Morgan fingerprint density at radius 1 is 1.14 bits per heavy atom. The first-order valence-electron chi connectivity index (χ1n) is 11.6. The van der Waals surface area contributed by atoms with Gasteiger partial charge in [-0.05, 0) is 49.3 Å². The fraction of sp³-hybridized carbons (Fsp3) is 0.346. The van der Waals surface area contributed by atoms with Crippen LogP contribution in [0.3, 0.4) is 0 Å². The van der Waals surface area contributed by atoms with E-state index in [1.165, 1.54) is 0 Å². The van der Waals surface area contributed by atoms with Gasteiger partial charge in [0.2, 0.25) is 5.78 Å². The Morgan fingerprint density at radius 2 is 1.83 bits per heavy atom. The van der Waals surface area contributed by atoms with E-state index in [0.717, 1.165) is 23.1 Å². The summed E-state index contributed by atoms with van der Waals surface area (Å²) in [5, 5.41) is 17.5. The van der Waals surface area contributed by atoms with Crippen molar-refractivity contribution in [3.8, 4) is 0 Å². The molecule has 3 rings (SSSR count). The number of nitrogen functional groups attached to an aromatic ring is 1. The van der Waals surface area contributed by atoms with E-state index in [-0.39, 0.29) is 17.5 Å². The first kappa shape index (κ1) is 26.5.